The molecule has 2 aromatic rings. The van der Waals surface area contributed by atoms with E-state index in [1.54, 1.807) is 18.2 Å². The lowest BCUT2D eigenvalue weighted by atomic mass is 10.3. The molecule has 0 atom stereocenters. The van der Waals surface area contributed by atoms with Crippen LogP contribution in [0, 0.1) is 0 Å². The fourth-order valence-corrected chi connectivity index (χ4v) is 4.39. The molecule has 0 fully saturated rings. The van der Waals surface area contributed by atoms with Gasteiger partial charge in [-0.3, -0.25) is 0 Å². The summed E-state index contributed by atoms with van der Waals surface area (Å²) in [7, 11) is -3.78. The maximum absolute atomic E-state index is 12.4. The molecule has 0 unspecified atom stereocenters. The van der Waals surface area contributed by atoms with Crippen molar-refractivity contribution in [2.24, 2.45) is 0 Å². The van der Waals surface area contributed by atoms with Gasteiger partial charge in [-0.15, -0.1) is 0 Å². The minimum atomic E-state index is -3.78. The van der Waals surface area contributed by atoms with Crippen molar-refractivity contribution in [1.82, 2.24) is 0 Å². The molecule has 0 bridgehead atoms. The molecule has 0 aliphatic carbocycles. The summed E-state index contributed by atoms with van der Waals surface area (Å²) in [5.41, 5.74) is 0. The minimum Gasteiger partial charge on any atom is -0.503 e. The molecule has 0 aliphatic rings. The first kappa shape index (κ1) is 14.4. The van der Waals surface area contributed by atoms with Crippen molar-refractivity contribution in [3.05, 3.63) is 45.3 Å². The second-order valence-electron chi connectivity index (χ2n) is 3.68. The monoisotopic (exact) mass is 406 g/mol. The highest BCUT2D eigenvalue weighted by molar-refractivity contribution is 9.11. The molecule has 2 N–H and O–H groups in total. The minimum absolute atomic E-state index is 0.0722. The van der Waals surface area contributed by atoms with Crippen LogP contribution >= 0.6 is 31.9 Å². The van der Waals surface area contributed by atoms with Gasteiger partial charge in [-0.1, -0.05) is 18.2 Å². The van der Waals surface area contributed by atoms with E-state index < -0.39 is 21.3 Å². The Morgan fingerprint density at radius 2 is 1.53 bits per heavy atom. The van der Waals surface area contributed by atoms with Crippen LogP contribution in [0.15, 0.2) is 55.1 Å². The Morgan fingerprint density at radius 3 is 2.11 bits per heavy atom. The summed E-state index contributed by atoms with van der Waals surface area (Å²) in [5.74, 6) is -0.942. The van der Waals surface area contributed by atoms with Gasteiger partial charge in [0, 0.05) is 0 Å². The maximum Gasteiger partial charge on any atom is 0.207 e. The summed E-state index contributed by atoms with van der Waals surface area (Å²) in [6.07, 6.45) is 0. The van der Waals surface area contributed by atoms with Crippen molar-refractivity contribution < 1.29 is 18.6 Å². The number of hydrogen-bond acceptors (Lipinski definition) is 4. The summed E-state index contributed by atoms with van der Waals surface area (Å²) in [6, 6.07) is 9.07. The third-order valence-electron chi connectivity index (χ3n) is 2.48. The molecule has 0 aromatic heterocycles. The molecular weight excluding hydrogens is 400 g/mol. The zero-order valence-electron chi connectivity index (χ0n) is 9.34. The van der Waals surface area contributed by atoms with E-state index in [9.17, 15) is 18.6 Å². The zero-order chi connectivity index (χ0) is 14.2. The van der Waals surface area contributed by atoms with Gasteiger partial charge in [0.1, 0.15) is 0 Å². The van der Waals surface area contributed by atoms with E-state index in [1.807, 2.05) is 0 Å². The Labute approximate surface area is 126 Å². The lowest BCUT2D eigenvalue weighted by molar-refractivity contribution is 0.397. The number of hydrogen-bond donors (Lipinski definition) is 2. The Kier molecular flexibility index (Phi) is 3.89. The van der Waals surface area contributed by atoms with Gasteiger partial charge in [-0.2, -0.15) is 0 Å². The van der Waals surface area contributed by atoms with Crippen LogP contribution in [0.5, 0.6) is 11.5 Å². The van der Waals surface area contributed by atoms with E-state index in [1.165, 1.54) is 18.2 Å². The summed E-state index contributed by atoms with van der Waals surface area (Å²) in [4.78, 5) is -0.0198. The van der Waals surface area contributed by atoms with Gasteiger partial charge in [-0.25, -0.2) is 8.42 Å². The van der Waals surface area contributed by atoms with E-state index in [4.69, 9.17) is 0 Å². The molecular formula is C12H8Br2O4S. The van der Waals surface area contributed by atoms with E-state index in [-0.39, 0.29) is 18.7 Å². The summed E-state index contributed by atoms with van der Waals surface area (Å²) < 4.78 is 24.9. The molecule has 0 spiro atoms. The predicted octanol–water partition coefficient (Wildman–Crippen LogP) is 3.46. The van der Waals surface area contributed by atoms with Crippen molar-refractivity contribution in [2.45, 2.75) is 9.79 Å². The molecule has 4 nitrogen and oxygen atoms in total. The quantitative estimate of drug-likeness (QED) is 0.747. The SMILES string of the molecule is O=S(=O)(c1ccccc1)c1cc(Br)c(O)c(O)c1Br. The highest BCUT2D eigenvalue weighted by atomic mass is 79.9. The van der Waals surface area contributed by atoms with Gasteiger partial charge in [0.15, 0.2) is 11.5 Å². The molecule has 100 valence electrons. The summed E-state index contributed by atoms with van der Waals surface area (Å²) in [5, 5.41) is 19.2. The average molecular weight is 408 g/mol. The van der Waals surface area contributed by atoms with Crippen LogP contribution in [0.2, 0.25) is 0 Å². The number of benzene rings is 2. The zero-order valence-corrected chi connectivity index (χ0v) is 13.3. The topological polar surface area (TPSA) is 74.6 Å². The van der Waals surface area contributed by atoms with Crippen LogP contribution in [-0.2, 0) is 9.84 Å². The van der Waals surface area contributed by atoms with E-state index in [2.05, 4.69) is 31.9 Å². The van der Waals surface area contributed by atoms with Crippen LogP contribution in [0.25, 0.3) is 0 Å². The van der Waals surface area contributed by atoms with Gasteiger partial charge in [0.25, 0.3) is 0 Å². The molecule has 0 saturated carbocycles. The van der Waals surface area contributed by atoms with Crippen LogP contribution in [0.3, 0.4) is 0 Å². The van der Waals surface area contributed by atoms with Crippen LogP contribution in [-0.4, -0.2) is 18.6 Å². The van der Waals surface area contributed by atoms with Gasteiger partial charge < -0.3 is 10.2 Å². The largest absolute Gasteiger partial charge is 0.503 e. The molecule has 19 heavy (non-hydrogen) atoms. The molecule has 0 amide bonds. The summed E-state index contributed by atoms with van der Waals surface area (Å²) in [6.45, 7) is 0. The van der Waals surface area contributed by atoms with Crippen LogP contribution < -0.4 is 0 Å². The molecule has 0 radical (unpaired) electrons. The van der Waals surface area contributed by atoms with E-state index in [0.29, 0.717) is 0 Å². The van der Waals surface area contributed by atoms with Crippen molar-refractivity contribution in [1.29, 1.82) is 0 Å². The van der Waals surface area contributed by atoms with Crippen molar-refractivity contribution >= 4 is 41.7 Å². The fraction of sp³-hybridized carbons (Fsp3) is 0. The Hall–Kier alpha value is -1.05. The smallest absolute Gasteiger partial charge is 0.207 e. The third kappa shape index (κ3) is 2.50. The van der Waals surface area contributed by atoms with Crippen molar-refractivity contribution in [2.75, 3.05) is 0 Å². The number of aromatic hydroxyl groups is 2. The number of phenolic OH excluding ortho intramolecular Hbond substituents is 2. The number of phenols is 2. The lowest BCUT2D eigenvalue weighted by Crippen LogP contribution is -2.03. The van der Waals surface area contributed by atoms with Crippen LogP contribution in [0.1, 0.15) is 0 Å². The average Bonchev–Trinajstić information content (AvgIpc) is 2.41. The summed E-state index contributed by atoms with van der Waals surface area (Å²) >= 11 is 5.99. The lowest BCUT2D eigenvalue weighted by Gasteiger charge is -2.10. The van der Waals surface area contributed by atoms with Gasteiger partial charge in [0.2, 0.25) is 9.84 Å². The second kappa shape index (κ2) is 5.15. The normalized spacial score (nSPS) is 11.5. The molecule has 0 saturated heterocycles. The van der Waals surface area contributed by atoms with Crippen molar-refractivity contribution in [3.63, 3.8) is 0 Å². The molecule has 0 aliphatic heterocycles. The van der Waals surface area contributed by atoms with E-state index >= 15 is 0 Å². The van der Waals surface area contributed by atoms with Gasteiger partial charge in [0.05, 0.1) is 18.7 Å². The van der Waals surface area contributed by atoms with Crippen molar-refractivity contribution in [3.8, 4) is 11.5 Å². The molecule has 2 aromatic carbocycles. The number of sulfone groups is 1. The molecule has 7 heteroatoms. The maximum atomic E-state index is 12.4. The standard InChI is InChI=1S/C12H8Br2O4S/c13-8-6-9(10(14)12(16)11(8)15)19(17,18)7-4-2-1-3-5-7/h1-6,15-16H. The first-order valence-corrected chi connectivity index (χ1v) is 8.12. The molecule has 2 rings (SSSR count). The van der Waals surface area contributed by atoms with E-state index in [0.717, 1.165) is 0 Å². The van der Waals surface area contributed by atoms with Crippen LogP contribution in [0.4, 0.5) is 0 Å². The van der Waals surface area contributed by atoms with Gasteiger partial charge in [-0.05, 0) is 50.1 Å². The first-order chi connectivity index (χ1) is 8.85. The highest BCUT2D eigenvalue weighted by Gasteiger charge is 2.25. The Morgan fingerprint density at radius 1 is 0.947 bits per heavy atom. The predicted molar refractivity (Wildman–Crippen MR) is 77.1 cm³/mol. The third-order valence-corrected chi connectivity index (χ3v) is 5.94. The Bertz CT molecular complexity index is 727. The molecule has 0 heterocycles. The fourth-order valence-electron chi connectivity index (χ4n) is 1.50. The number of rotatable bonds is 2. The second-order valence-corrected chi connectivity index (χ2v) is 7.25. The Balaban J connectivity index is 2.73. The first-order valence-electron chi connectivity index (χ1n) is 5.05. The number of halogens is 2. The highest BCUT2D eigenvalue weighted by Crippen LogP contribution is 2.44. The van der Waals surface area contributed by atoms with Gasteiger partial charge >= 0.3 is 0 Å².